The number of carbonyl (C=O) groups is 1. The first-order valence-corrected chi connectivity index (χ1v) is 6.55. The molecule has 1 aromatic carbocycles. The van der Waals surface area contributed by atoms with Gasteiger partial charge in [0.2, 0.25) is 0 Å². The normalized spacial score (nSPS) is 12.2. The van der Waals surface area contributed by atoms with Gasteiger partial charge in [-0.2, -0.15) is 0 Å². The third kappa shape index (κ3) is 3.09. The minimum atomic E-state index is -3.19. The summed E-state index contributed by atoms with van der Waals surface area (Å²) in [6.07, 6.45) is 0. The number of anilines is 1. The second kappa shape index (κ2) is 4.30. The van der Waals surface area contributed by atoms with Gasteiger partial charge in [-0.05, 0) is 0 Å². The molecular formula is C8H10AsNO3. The van der Waals surface area contributed by atoms with E-state index in [-0.39, 0.29) is 5.91 Å². The van der Waals surface area contributed by atoms with Crippen LogP contribution in [0.3, 0.4) is 0 Å². The fraction of sp³-hybridized carbons (Fsp3) is 0.125. The quantitative estimate of drug-likeness (QED) is 0.688. The van der Waals surface area contributed by atoms with E-state index in [1.165, 1.54) is 6.92 Å². The van der Waals surface area contributed by atoms with E-state index in [1.807, 2.05) is 0 Å². The van der Waals surface area contributed by atoms with E-state index >= 15 is 0 Å². The zero-order valence-electron chi connectivity index (χ0n) is 7.07. The average molecular weight is 243 g/mol. The molecule has 70 valence electrons. The number of hydrogen-bond donors (Lipinski definition) is 2. The van der Waals surface area contributed by atoms with Crippen molar-refractivity contribution >= 4 is 30.9 Å². The molecule has 2 N–H and O–H groups in total. The molecule has 0 aliphatic rings. The minimum absolute atomic E-state index is 0.157. The van der Waals surface area contributed by atoms with Crippen LogP contribution >= 0.6 is 0 Å². The van der Waals surface area contributed by atoms with Crippen LogP contribution in [-0.4, -0.2) is 24.9 Å². The van der Waals surface area contributed by atoms with Gasteiger partial charge in [0, 0.05) is 0 Å². The third-order valence-corrected chi connectivity index (χ3v) is 3.19. The van der Waals surface area contributed by atoms with Crippen LogP contribution in [0, 0.1) is 0 Å². The number of carbonyl (C=O) groups excluding carboxylic acids is 1. The Morgan fingerprint density at radius 2 is 1.92 bits per heavy atom. The van der Waals surface area contributed by atoms with Crippen molar-refractivity contribution in [2.75, 3.05) is 5.32 Å². The van der Waals surface area contributed by atoms with Crippen LogP contribution in [-0.2, 0) is 8.53 Å². The Kier molecular flexibility index (Phi) is 3.34. The van der Waals surface area contributed by atoms with Gasteiger partial charge in [0.1, 0.15) is 0 Å². The van der Waals surface area contributed by atoms with Gasteiger partial charge < -0.3 is 0 Å². The van der Waals surface area contributed by atoms with E-state index in [1.54, 1.807) is 24.3 Å². The summed E-state index contributed by atoms with van der Waals surface area (Å²) in [6, 6.07) is 6.32. The second-order valence-electron chi connectivity index (χ2n) is 2.56. The maximum absolute atomic E-state index is 10.7. The fourth-order valence-corrected chi connectivity index (χ4v) is 1.85. The van der Waals surface area contributed by atoms with Crippen LogP contribution < -0.4 is 9.67 Å². The predicted octanol–water partition coefficient (Wildman–Crippen LogP) is -0.505. The fourth-order valence-electron chi connectivity index (χ4n) is 0.899. The molecule has 1 aromatic rings. The van der Waals surface area contributed by atoms with Gasteiger partial charge in [0.15, 0.2) is 0 Å². The molecule has 1 unspecified atom stereocenters. The first kappa shape index (κ1) is 10.1. The van der Waals surface area contributed by atoms with Crippen LogP contribution in [0.4, 0.5) is 5.69 Å². The molecule has 0 radical (unpaired) electrons. The number of hydrogen-bond acceptors (Lipinski definition) is 2. The summed E-state index contributed by atoms with van der Waals surface area (Å²) in [4.78, 5) is 10.6. The first-order valence-electron chi connectivity index (χ1n) is 3.70. The second-order valence-corrected chi connectivity index (χ2v) is 5.06. The third-order valence-electron chi connectivity index (χ3n) is 1.45. The van der Waals surface area contributed by atoms with Gasteiger partial charge in [-0.1, -0.05) is 0 Å². The predicted molar refractivity (Wildman–Crippen MR) is 50.4 cm³/mol. The first-order chi connectivity index (χ1) is 6.09. The van der Waals surface area contributed by atoms with Crippen LogP contribution in [0.1, 0.15) is 6.92 Å². The molecule has 1 atom stereocenters. The van der Waals surface area contributed by atoms with Gasteiger partial charge in [0.25, 0.3) is 0 Å². The average Bonchev–Trinajstić information content (AvgIpc) is 2.04. The van der Waals surface area contributed by atoms with Gasteiger partial charge in [-0.15, -0.1) is 0 Å². The summed E-state index contributed by atoms with van der Waals surface area (Å²) in [7, 11) is 0. The molecule has 0 saturated heterocycles. The summed E-state index contributed by atoms with van der Waals surface area (Å²) < 4.78 is 20.0. The molecule has 0 aliphatic heterocycles. The molecule has 1 amide bonds. The molecule has 0 aromatic heterocycles. The van der Waals surface area contributed by atoms with Gasteiger partial charge in [-0.25, -0.2) is 0 Å². The van der Waals surface area contributed by atoms with Crippen molar-refractivity contribution < 1.29 is 12.6 Å². The number of nitrogens with one attached hydrogen (secondary N) is 1. The Hall–Kier alpha value is -0.992. The Bertz CT molecular complexity index is 334. The van der Waals surface area contributed by atoms with E-state index in [0.29, 0.717) is 10.0 Å². The molecule has 0 heterocycles. The van der Waals surface area contributed by atoms with Crippen LogP contribution in [0.5, 0.6) is 0 Å². The monoisotopic (exact) mass is 243 g/mol. The molecule has 4 nitrogen and oxygen atoms in total. The molecule has 0 fully saturated rings. The van der Waals surface area contributed by atoms with Crippen molar-refractivity contribution in [2.24, 2.45) is 0 Å². The SMILES string of the molecule is CC(=O)Nc1ccc([AsH](=O)O)cc1. The number of benzene rings is 1. The summed E-state index contributed by atoms with van der Waals surface area (Å²) in [5.74, 6) is -0.157. The van der Waals surface area contributed by atoms with Gasteiger partial charge >= 0.3 is 80.0 Å². The van der Waals surface area contributed by atoms with Gasteiger partial charge in [0.05, 0.1) is 0 Å². The number of amides is 1. The van der Waals surface area contributed by atoms with Crippen molar-refractivity contribution in [3.63, 3.8) is 0 Å². The molecular weight excluding hydrogens is 233 g/mol. The van der Waals surface area contributed by atoms with E-state index < -0.39 is 14.9 Å². The summed E-state index contributed by atoms with van der Waals surface area (Å²) in [6.45, 7) is 1.41. The van der Waals surface area contributed by atoms with E-state index in [2.05, 4.69) is 5.32 Å². The van der Waals surface area contributed by atoms with Crippen LogP contribution in [0.25, 0.3) is 0 Å². The molecule has 13 heavy (non-hydrogen) atoms. The van der Waals surface area contributed by atoms with Crippen molar-refractivity contribution in [1.29, 1.82) is 0 Å². The van der Waals surface area contributed by atoms with Crippen LogP contribution in [0.15, 0.2) is 24.3 Å². The van der Waals surface area contributed by atoms with Crippen LogP contribution in [0.2, 0.25) is 0 Å². The molecule has 0 bridgehead atoms. The van der Waals surface area contributed by atoms with Crippen molar-refractivity contribution in [1.82, 2.24) is 0 Å². The van der Waals surface area contributed by atoms with E-state index in [0.717, 1.165) is 0 Å². The van der Waals surface area contributed by atoms with Crippen molar-refractivity contribution in [3.05, 3.63) is 24.3 Å². The van der Waals surface area contributed by atoms with E-state index in [9.17, 15) is 8.53 Å². The molecule has 0 aliphatic carbocycles. The molecule has 0 spiro atoms. The molecule has 0 saturated carbocycles. The standard InChI is InChI=1S/C8H10AsNO3/c1-6(11)10-8-4-2-7(3-5-8)9(12)13/h2-5,9H,1H3,(H,10,11)(H,12,13). The Morgan fingerprint density at radius 3 is 2.31 bits per heavy atom. The topological polar surface area (TPSA) is 66.4 Å². The zero-order valence-corrected chi connectivity index (χ0v) is 9.17. The Labute approximate surface area is 80.4 Å². The van der Waals surface area contributed by atoms with Crippen molar-refractivity contribution in [3.8, 4) is 0 Å². The zero-order chi connectivity index (χ0) is 9.84. The van der Waals surface area contributed by atoms with E-state index in [4.69, 9.17) is 4.10 Å². The number of rotatable bonds is 2. The van der Waals surface area contributed by atoms with Crippen molar-refractivity contribution in [2.45, 2.75) is 6.92 Å². The summed E-state index contributed by atoms with van der Waals surface area (Å²) in [5, 5.41) is 2.57. The summed E-state index contributed by atoms with van der Waals surface area (Å²) >= 11 is -3.19. The molecule has 5 heteroatoms. The maximum atomic E-state index is 10.7. The molecule has 1 rings (SSSR count). The Balaban J connectivity index is 2.81. The summed E-state index contributed by atoms with van der Waals surface area (Å²) in [5.41, 5.74) is 0.635. The Morgan fingerprint density at radius 1 is 1.38 bits per heavy atom. The van der Waals surface area contributed by atoms with Gasteiger partial charge in [-0.3, -0.25) is 0 Å².